The van der Waals surface area contributed by atoms with Gasteiger partial charge in [-0.15, -0.1) is 0 Å². The first-order valence-corrected chi connectivity index (χ1v) is 10.0. The summed E-state index contributed by atoms with van der Waals surface area (Å²) in [5.41, 5.74) is 1.64. The third-order valence-corrected chi connectivity index (χ3v) is 5.17. The van der Waals surface area contributed by atoms with Gasteiger partial charge in [0.25, 0.3) is 0 Å². The van der Waals surface area contributed by atoms with Gasteiger partial charge in [-0.05, 0) is 0 Å². The van der Waals surface area contributed by atoms with Gasteiger partial charge < -0.3 is 0 Å². The number of aromatic nitrogens is 4. The van der Waals surface area contributed by atoms with Gasteiger partial charge in [-0.3, -0.25) is 0 Å². The van der Waals surface area contributed by atoms with Crippen LogP contribution in [0.2, 0.25) is 0 Å². The summed E-state index contributed by atoms with van der Waals surface area (Å²) in [6, 6.07) is 9.11. The van der Waals surface area contributed by atoms with Crippen molar-refractivity contribution in [3.05, 3.63) is 54.2 Å². The molecule has 4 aromatic rings. The topological polar surface area (TPSA) is 62.1 Å². The number of benzene rings is 2. The number of ether oxygens (including phenoxy) is 2. The third-order valence-electron chi connectivity index (χ3n) is 4.32. The van der Waals surface area contributed by atoms with E-state index in [1.807, 2.05) is 19.1 Å². The van der Waals surface area contributed by atoms with Crippen molar-refractivity contribution in [2.75, 3.05) is 13.7 Å². The number of fused-ring (bicyclic) bond motifs is 1. The Morgan fingerprint density at radius 3 is 2.52 bits per heavy atom. The molecule has 0 N–H and O–H groups in total. The molecular formula is C20H17AsF2N4O2. The fourth-order valence-corrected chi connectivity index (χ4v) is 3.88. The Labute approximate surface area is 174 Å². The maximum atomic E-state index is 14.2. The van der Waals surface area contributed by atoms with Gasteiger partial charge in [-0.1, -0.05) is 0 Å². The van der Waals surface area contributed by atoms with E-state index in [1.54, 1.807) is 24.1 Å². The molecule has 4 rings (SSSR count). The van der Waals surface area contributed by atoms with Crippen LogP contribution in [0.1, 0.15) is 6.92 Å². The van der Waals surface area contributed by atoms with Gasteiger partial charge in [0.2, 0.25) is 0 Å². The van der Waals surface area contributed by atoms with Crippen LogP contribution in [-0.2, 0) is 0 Å². The van der Waals surface area contributed by atoms with Gasteiger partial charge >= 0.3 is 174 Å². The summed E-state index contributed by atoms with van der Waals surface area (Å²) in [7, 11) is 1.57. The maximum absolute atomic E-state index is 14.2. The first-order valence-electron chi connectivity index (χ1n) is 8.80. The Hall–Kier alpha value is -2.99. The third kappa shape index (κ3) is 3.44. The van der Waals surface area contributed by atoms with E-state index >= 15 is 0 Å². The van der Waals surface area contributed by atoms with Crippen LogP contribution in [0.4, 0.5) is 8.78 Å². The summed E-state index contributed by atoms with van der Waals surface area (Å²) >= 11 is 1.20. The minimum atomic E-state index is -0.708. The molecule has 9 heteroatoms. The molecule has 1 unspecified atom stereocenters. The van der Waals surface area contributed by atoms with Crippen LogP contribution in [0.3, 0.4) is 0 Å². The van der Waals surface area contributed by atoms with Crippen LogP contribution in [0.5, 0.6) is 11.5 Å². The zero-order valence-electron chi connectivity index (χ0n) is 15.7. The van der Waals surface area contributed by atoms with E-state index < -0.39 is 11.6 Å². The second-order valence-corrected chi connectivity index (χ2v) is 7.23. The van der Waals surface area contributed by atoms with Crippen LogP contribution in [-0.4, -0.2) is 50.3 Å². The van der Waals surface area contributed by atoms with E-state index in [0.29, 0.717) is 33.6 Å². The molecule has 0 amide bonds. The number of hydrogen-bond acceptors (Lipinski definition) is 5. The van der Waals surface area contributed by atoms with Crippen molar-refractivity contribution >= 4 is 32.4 Å². The fourth-order valence-electron chi connectivity index (χ4n) is 3.05. The monoisotopic (exact) mass is 458 g/mol. The van der Waals surface area contributed by atoms with Crippen LogP contribution >= 0.6 is 0 Å². The minimum absolute atomic E-state index is 0.00300. The van der Waals surface area contributed by atoms with Gasteiger partial charge in [0.15, 0.2) is 0 Å². The number of halogens is 2. The van der Waals surface area contributed by atoms with E-state index in [2.05, 4.69) is 15.1 Å². The average Bonchev–Trinajstić information content (AvgIpc) is 3.13. The standard InChI is InChI=1S/C20H17AsF2N4O2/c1-3-29-16-9-11(7-8-15(16)28-2)27-18-14(10-24-27)25-20(26-19(18)21)17-12(22)5-4-6-13(17)23/h4-10H,3,21H2,1-2H3. The molecule has 0 bridgehead atoms. The van der Waals surface area contributed by atoms with Gasteiger partial charge in [0.05, 0.1) is 0 Å². The van der Waals surface area contributed by atoms with E-state index in [9.17, 15) is 8.78 Å². The molecule has 0 aliphatic carbocycles. The average molecular weight is 458 g/mol. The van der Waals surface area contributed by atoms with E-state index in [-0.39, 0.29) is 11.4 Å². The number of methoxy groups -OCH3 is 1. The Morgan fingerprint density at radius 2 is 1.83 bits per heavy atom. The Bertz CT molecular complexity index is 1190. The molecule has 0 fully saturated rings. The Kier molecular flexibility index (Phi) is 5.19. The SMILES string of the molecule is CCOc1cc(-n2ncc3nc(-c4c(F)cccc4F)nc([AsH2])c32)ccc1OC. The van der Waals surface area contributed by atoms with Crippen LogP contribution in [0.25, 0.3) is 28.1 Å². The first kappa shape index (κ1) is 19.3. The molecule has 0 radical (unpaired) electrons. The molecule has 0 aliphatic rings. The Balaban J connectivity index is 1.86. The summed E-state index contributed by atoms with van der Waals surface area (Å²) in [4.78, 5) is 8.71. The summed E-state index contributed by atoms with van der Waals surface area (Å²) < 4.78 is 41.6. The van der Waals surface area contributed by atoms with Gasteiger partial charge in [0.1, 0.15) is 0 Å². The van der Waals surface area contributed by atoms with Gasteiger partial charge in [-0.25, -0.2) is 0 Å². The molecular weight excluding hydrogens is 441 g/mol. The molecule has 0 saturated heterocycles. The molecule has 0 aliphatic heterocycles. The van der Waals surface area contributed by atoms with Crippen molar-refractivity contribution < 1.29 is 18.3 Å². The second kappa shape index (κ2) is 7.79. The molecule has 2 heterocycles. The molecule has 0 saturated carbocycles. The quantitative estimate of drug-likeness (QED) is 0.430. The molecule has 148 valence electrons. The predicted molar refractivity (Wildman–Crippen MR) is 108 cm³/mol. The van der Waals surface area contributed by atoms with Crippen LogP contribution in [0.15, 0.2) is 42.6 Å². The predicted octanol–water partition coefficient (Wildman–Crippen LogP) is 2.43. The van der Waals surface area contributed by atoms with E-state index in [4.69, 9.17) is 9.47 Å². The Morgan fingerprint density at radius 1 is 1.07 bits per heavy atom. The van der Waals surface area contributed by atoms with Crippen LogP contribution in [0, 0.1) is 11.6 Å². The van der Waals surface area contributed by atoms with Crippen molar-refractivity contribution in [2.45, 2.75) is 6.92 Å². The summed E-state index contributed by atoms with van der Waals surface area (Å²) in [6.07, 6.45) is 1.55. The molecule has 2 aromatic heterocycles. The van der Waals surface area contributed by atoms with E-state index in [1.165, 1.54) is 35.1 Å². The molecule has 2 aromatic carbocycles. The van der Waals surface area contributed by atoms with Crippen molar-refractivity contribution in [1.29, 1.82) is 0 Å². The second-order valence-electron chi connectivity index (χ2n) is 6.09. The number of nitrogens with zero attached hydrogens (tertiary/aromatic N) is 4. The zero-order valence-corrected chi connectivity index (χ0v) is 18.1. The summed E-state index contributed by atoms with van der Waals surface area (Å²) in [6.45, 7) is 2.38. The molecule has 1 atom stereocenters. The molecule has 29 heavy (non-hydrogen) atoms. The van der Waals surface area contributed by atoms with Gasteiger partial charge in [-0.2, -0.15) is 0 Å². The zero-order chi connectivity index (χ0) is 20.5. The van der Waals surface area contributed by atoms with Crippen molar-refractivity contribution in [2.24, 2.45) is 0 Å². The van der Waals surface area contributed by atoms with Gasteiger partial charge in [0, 0.05) is 0 Å². The fraction of sp³-hybridized carbons (Fsp3) is 0.150. The first-order chi connectivity index (χ1) is 14.0. The van der Waals surface area contributed by atoms with E-state index in [0.717, 1.165) is 5.69 Å². The summed E-state index contributed by atoms with van der Waals surface area (Å²) in [5, 5.41) is 4.40. The van der Waals surface area contributed by atoms with Crippen molar-refractivity contribution in [3.63, 3.8) is 0 Å². The number of rotatable bonds is 5. The normalized spacial score (nSPS) is 11.1. The van der Waals surface area contributed by atoms with Crippen LogP contribution < -0.4 is 14.0 Å². The molecule has 0 spiro atoms. The van der Waals surface area contributed by atoms with Crippen molar-refractivity contribution in [1.82, 2.24) is 19.7 Å². The summed E-state index contributed by atoms with van der Waals surface area (Å²) in [5.74, 6) is -0.219. The number of hydrogen-bond donors (Lipinski definition) is 0. The van der Waals surface area contributed by atoms with Crippen molar-refractivity contribution in [3.8, 4) is 28.6 Å². The molecule has 6 nitrogen and oxygen atoms in total.